The first kappa shape index (κ1) is 25.8. The molecule has 33 heavy (non-hydrogen) atoms. The molecule has 0 aromatic heterocycles. The Bertz CT molecular complexity index is 838. The molecule has 2 aromatic rings. The summed E-state index contributed by atoms with van der Waals surface area (Å²) in [5, 5.41) is 0. The Morgan fingerprint density at radius 1 is 0.879 bits per heavy atom. The number of aryl methyl sites for hydroxylation is 1. The van der Waals surface area contributed by atoms with Crippen LogP contribution >= 0.6 is 0 Å². The average Bonchev–Trinajstić information content (AvgIpc) is 2.81. The quantitative estimate of drug-likeness (QED) is 0.287. The van der Waals surface area contributed by atoms with Gasteiger partial charge in [-0.1, -0.05) is 82.3 Å². The highest BCUT2D eigenvalue weighted by Crippen LogP contribution is 2.38. The molecule has 0 saturated heterocycles. The minimum atomic E-state index is -3.41. The van der Waals surface area contributed by atoms with Gasteiger partial charge in [0.05, 0.1) is 13.0 Å². The molecule has 0 unspecified atom stereocenters. The second kappa shape index (κ2) is 12.6. The van der Waals surface area contributed by atoms with Crippen LogP contribution in [0.15, 0.2) is 42.5 Å². The number of hydrogen-bond donors (Lipinski definition) is 0. The minimum Gasteiger partial charge on any atom is -0.315 e. The molecule has 1 fully saturated rings. The summed E-state index contributed by atoms with van der Waals surface area (Å²) >= 11 is 0. The second-order valence-electron chi connectivity index (χ2n) is 9.73. The summed E-state index contributed by atoms with van der Waals surface area (Å²) in [6, 6.07) is 12.4. The van der Waals surface area contributed by atoms with Crippen molar-refractivity contribution in [2.45, 2.75) is 103 Å². The van der Waals surface area contributed by atoms with Crippen LogP contribution in [0, 0.1) is 11.7 Å². The minimum absolute atomic E-state index is 0.0134. The predicted octanol–water partition coefficient (Wildman–Crippen LogP) is 8.98. The average molecular weight is 461 g/mol. The standard InChI is InChI=1S/C29H39F3O/c1-3-5-6-8-22-9-14-25(15-10-22)26-16-12-24(13-17-26)21-33-29(31,32)20-27-18-11-23(7-4-2)19-28(27)30/h11-13,16-19,22,25H,3-10,14-15,20-21H2,1-2H3. The van der Waals surface area contributed by atoms with Gasteiger partial charge in [0.1, 0.15) is 5.82 Å². The highest BCUT2D eigenvalue weighted by Gasteiger charge is 2.32. The Kier molecular flexibility index (Phi) is 9.85. The van der Waals surface area contributed by atoms with Gasteiger partial charge >= 0.3 is 6.11 Å². The number of ether oxygens (including phenoxy) is 1. The maximum Gasteiger partial charge on any atom is 0.360 e. The van der Waals surface area contributed by atoms with Gasteiger partial charge in [0.25, 0.3) is 0 Å². The van der Waals surface area contributed by atoms with E-state index >= 15 is 0 Å². The van der Waals surface area contributed by atoms with E-state index in [4.69, 9.17) is 4.74 Å². The molecular formula is C29H39F3O. The van der Waals surface area contributed by atoms with Gasteiger partial charge in [-0.15, -0.1) is 0 Å². The highest BCUT2D eigenvalue weighted by atomic mass is 19.3. The third-order valence-electron chi connectivity index (χ3n) is 7.02. The smallest absolute Gasteiger partial charge is 0.315 e. The van der Waals surface area contributed by atoms with Crippen molar-refractivity contribution in [2.24, 2.45) is 5.92 Å². The van der Waals surface area contributed by atoms with Crippen LogP contribution in [0.4, 0.5) is 13.2 Å². The molecular weight excluding hydrogens is 421 g/mol. The first-order valence-electron chi connectivity index (χ1n) is 12.8. The Morgan fingerprint density at radius 2 is 1.58 bits per heavy atom. The zero-order valence-electron chi connectivity index (χ0n) is 20.2. The zero-order valence-corrected chi connectivity index (χ0v) is 20.2. The van der Waals surface area contributed by atoms with Crippen molar-refractivity contribution in [1.82, 2.24) is 0 Å². The Hall–Kier alpha value is -1.81. The number of halogens is 3. The van der Waals surface area contributed by atoms with Gasteiger partial charge in [0.2, 0.25) is 0 Å². The van der Waals surface area contributed by atoms with E-state index in [-0.39, 0.29) is 12.2 Å². The van der Waals surface area contributed by atoms with Crippen molar-refractivity contribution >= 4 is 0 Å². The molecule has 182 valence electrons. The summed E-state index contributed by atoms with van der Waals surface area (Å²) in [6.07, 6.45) is 7.79. The molecule has 0 atom stereocenters. The van der Waals surface area contributed by atoms with Crippen LogP contribution in [0.2, 0.25) is 0 Å². The molecule has 3 rings (SSSR count). The molecule has 0 radical (unpaired) electrons. The Morgan fingerprint density at radius 3 is 2.21 bits per heavy atom. The number of rotatable bonds is 12. The van der Waals surface area contributed by atoms with Crippen LogP contribution in [0.25, 0.3) is 0 Å². The van der Waals surface area contributed by atoms with Crippen LogP contribution < -0.4 is 0 Å². The maximum atomic E-state index is 14.4. The molecule has 4 heteroatoms. The normalized spacial score (nSPS) is 19.1. The van der Waals surface area contributed by atoms with Gasteiger partial charge in [-0.2, -0.15) is 8.78 Å². The van der Waals surface area contributed by atoms with Gasteiger partial charge < -0.3 is 4.74 Å². The van der Waals surface area contributed by atoms with Gasteiger partial charge in [0.15, 0.2) is 0 Å². The molecule has 1 nitrogen and oxygen atoms in total. The Labute approximate surface area is 197 Å². The van der Waals surface area contributed by atoms with Crippen molar-refractivity contribution in [1.29, 1.82) is 0 Å². The van der Waals surface area contributed by atoms with Crippen molar-refractivity contribution in [3.63, 3.8) is 0 Å². The van der Waals surface area contributed by atoms with Crippen molar-refractivity contribution < 1.29 is 17.9 Å². The summed E-state index contributed by atoms with van der Waals surface area (Å²) in [5.41, 5.74) is 2.82. The van der Waals surface area contributed by atoms with Gasteiger partial charge in [0, 0.05) is 0 Å². The second-order valence-corrected chi connectivity index (χ2v) is 9.73. The van der Waals surface area contributed by atoms with E-state index in [0.29, 0.717) is 11.5 Å². The number of benzene rings is 2. The van der Waals surface area contributed by atoms with Crippen LogP contribution in [-0.2, 0) is 24.2 Å². The van der Waals surface area contributed by atoms with Crippen LogP contribution in [0.1, 0.15) is 99.8 Å². The van der Waals surface area contributed by atoms with E-state index in [1.165, 1.54) is 69.1 Å². The van der Waals surface area contributed by atoms with Gasteiger partial charge in [-0.3, -0.25) is 0 Å². The van der Waals surface area contributed by atoms with Crippen molar-refractivity contribution in [3.05, 3.63) is 70.5 Å². The molecule has 1 aliphatic carbocycles. The SMILES string of the molecule is CCCCCC1CCC(c2ccc(COC(F)(F)Cc3ccc(CCC)cc3F)cc2)CC1. The lowest BCUT2D eigenvalue weighted by Gasteiger charge is -2.29. The number of hydrogen-bond acceptors (Lipinski definition) is 1. The summed E-state index contributed by atoms with van der Waals surface area (Å²) < 4.78 is 47.8. The van der Waals surface area contributed by atoms with E-state index in [1.54, 1.807) is 6.07 Å². The topological polar surface area (TPSA) is 9.23 Å². The zero-order chi connectivity index (χ0) is 23.7. The molecule has 0 bridgehead atoms. The first-order chi connectivity index (χ1) is 15.9. The molecule has 0 amide bonds. The van der Waals surface area contributed by atoms with Crippen LogP contribution in [-0.4, -0.2) is 6.11 Å². The predicted molar refractivity (Wildman–Crippen MR) is 129 cm³/mol. The van der Waals surface area contributed by atoms with Gasteiger partial charge in [-0.25, -0.2) is 4.39 Å². The molecule has 0 spiro atoms. The molecule has 0 aliphatic heterocycles. The molecule has 1 aliphatic rings. The third kappa shape index (κ3) is 8.17. The fourth-order valence-corrected chi connectivity index (χ4v) is 4.99. The molecule has 1 saturated carbocycles. The number of unbranched alkanes of at least 4 members (excludes halogenated alkanes) is 2. The summed E-state index contributed by atoms with van der Waals surface area (Å²) in [6.45, 7) is 4.06. The first-order valence-corrected chi connectivity index (χ1v) is 12.8. The summed E-state index contributed by atoms with van der Waals surface area (Å²) in [7, 11) is 0. The van der Waals surface area contributed by atoms with Crippen LogP contribution in [0.5, 0.6) is 0 Å². The fourth-order valence-electron chi connectivity index (χ4n) is 4.99. The van der Waals surface area contributed by atoms with Crippen molar-refractivity contribution in [3.8, 4) is 0 Å². The lowest BCUT2D eigenvalue weighted by atomic mass is 9.77. The van der Waals surface area contributed by atoms with Crippen LogP contribution in [0.3, 0.4) is 0 Å². The summed E-state index contributed by atoms with van der Waals surface area (Å²) in [4.78, 5) is 0. The monoisotopic (exact) mass is 460 g/mol. The van der Waals surface area contributed by atoms with E-state index in [0.717, 1.165) is 24.3 Å². The highest BCUT2D eigenvalue weighted by molar-refractivity contribution is 5.26. The van der Waals surface area contributed by atoms with E-state index < -0.39 is 18.3 Å². The lowest BCUT2D eigenvalue weighted by Crippen LogP contribution is -2.24. The molecule has 2 aromatic carbocycles. The van der Waals surface area contributed by atoms with E-state index in [9.17, 15) is 13.2 Å². The largest absolute Gasteiger partial charge is 0.360 e. The lowest BCUT2D eigenvalue weighted by molar-refractivity contribution is -0.244. The van der Waals surface area contributed by atoms with Gasteiger partial charge in [-0.05, 0) is 72.3 Å². The fraction of sp³-hybridized carbons (Fsp3) is 0.586. The van der Waals surface area contributed by atoms with E-state index in [2.05, 4.69) is 19.1 Å². The van der Waals surface area contributed by atoms with Crippen molar-refractivity contribution in [2.75, 3.05) is 0 Å². The molecule has 0 N–H and O–H groups in total. The Balaban J connectivity index is 1.47. The third-order valence-corrected chi connectivity index (χ3v) is 7.02. The number of alkyl halides is 2. The maximum absolute atomic E-state index is 14.4. The summed E-state index contributed by atoms with van der Waals surface area (Å²) in [5.74, 6) is 0.853. The van der Waals surface area contributed by atoms with E-state index in [1.807, 2.05) is 19.1 Å². The molecule has 0 heterocycles.